The van der Waals surface area contributed by atoms with Gasteiger partial charge in [0.25, 0.3) is 5.56 Å². The zero-order chi connectivity index (χ0) is 18.0. The van der Waals surface area contributed by atoms with E-state index >= 15 is 0 Å². The van der Waals surface area contributed by atoms with E-state index in [-0.39, 0.29) is 23.6 Å². The van der Waals surface area contributed by atoms with Crippen LogP contribution in [-0.2, 0) is 11.8 Å². The van der Waals surface area contributed by atoms with Crippen molar-refractivity contribution in [3.8, 4) is 11.8 Å². The topological polar surface area (TPSA) is 84.1 Å². The zero-order valence-electron chi connectivity index (χ0n) is 14.3. The minimum Gasteiger partial charge on any atom is -0.489 e. The molecule has 0 aromatic carbocycles. The molecule has 2 saturated carbocycles. The van der Waals surface area contributed by atoms with Gasteiger partial charge in [0, 0.05) is 25.4 Å². The Hall–Kier alpha value is -1.81. The molecule has 0 spiro atoms. The molecule has 0 radical (unpaired) electrons. The Morgan fingerprint density at radius 1 is 1.40 bits per heavy atom. The Morgan fingerprint density at radius 2 is 2.08 bits per heavy atom. The third-order valence-electron chi connectivity index (χ3n) is 5.30. The minimum atomic E-state index is -0.789. The van der Waals surface area contributed by atoms with E-state index in [1.54, 1.807) is 13.2 Å². The molecule has 2 aliphatic carbocycles. The number of nitrogens with zero attached hydrogens (tertiary/aromatic N) is 2. The lowest BCUT2D eigenvalue weighted by Gasteiger charge is -2.36. The Kier molecular flexibility index (Phi) is 5.19. The molecule has 25 heavy (non-hydrogen) atoms. The highest BCUT2D eigenvalue weighted by molar-refractivity contribution is 9.10. The number of aromatic nitrogens is 1. The summed E-state index contributed by atoms with van der Waals surface area (Å²) in [5.41, 5.74) is -0.899. The summed E-state index contributed by atoms with van der Waals surface area (Å²) >= 11 is 3.42. The predicted molar refractivity (Wildman–Crippen MR) is 96.1 cm³/mol. The maximum Gasteiger partial charge on any atom is 0.254 e. The van der Waals surface area contributed by atoms with Gasteiger partial charge < -0.3 is 14.6 Å². The van der Waals surface area contributed by atoms with Crippen LogP contribution in [0, 0.1) is 16.7 Å². The van der Waals surface area contributed by atoms with Crippen LogP contribution in [0.25, 0.3) is 0 Å². The molecule has 0 atom stereocenters. The smallest absolute Gasteiger partial charge is 0.254 e. The first-order valence-electron chi connectivity index (χ1n) is 8.68. The quantitative estimate of drug-likeness (QED) is 0.830. The van der Waals surface area contributed by atoms with Gasteiger partial charge in [-0.25, -0.2) is 0 Å². The van der Waals surface area contributed by atoms with E-state index in [1.165, 1.54) is 10.6 Å². The maximum atomic E-state index is 12.3. The first-order chi connectivity index (χ1) is 11.9. The molecule has 7 heteroatoms. The summed E-state index contributed by atoms with van der Waals surface area (Å²) in [5.74, 6) is 0.452. The molecule has 1 aromatic rings. The molecule has 1 aromatic heterocycles. The van der Waals surface area contributed by atoms with Crippen LogP contribution in [0.5, 0.6) is 5.75 Å². The van der Waals surface area contributed by atoms with Crippen LogP contribution in [0.2, 0.25) is 0 Å². The van der Waals surface area contributed by atoms with Crippen LogP contribution in [0.15, 0.2) is 21.5 Å². The monoisotopic (exact) mass is 407 g/mol. The van der Waals surface area contributed by atoms with Crippen LogP contribution in [-0.4, -0.2) is 22.6 Å². The molecule has 0 bridgehead atoms. The van der Waals surface area contributed by atoms with Crippen molar-refractivity contribution in [1.82, 2.24) is 9.88 Å². The number of amides is 1. The Morgan fingerprint density at radius 3 is 2.64 bits per heavy atom. The minimum absolute atomic E-state index is 0.0326. The zero-order valence-corrected chi connectivity index (χ0v) is 15.8. The Labute approximate surface area is 155 Å². The van der Waals surface area contributed by atoms with Crippen LogP contribution < -0.4 is 15.6 Å². The van der Waals surface area contributed by atoms with E-state index in [0.29, 0.717) is 18.6 Å². The van der Waals surface area contributed by atoms with Crippen molar-refractivity contribution in [2.75, 3.05) is 0 Å². The van der Waals surface area contributed by atoms with Crippen molar-refractivity contribution in [1.29, 1.82) is 5.26 Å². The Balaban J connectivity index is 1.52. The molecular formula is C18H22BrN3O3. The number of pyridine rings is 1. The van der Waals surface area contributed by atoms with Gasteiger partial charge in [-0.3, -0.25) is 9.59 Å². The summed E-state index contributed by atoms with van der Waals surface area (Å²) in [6, 6.07) is 3.78. The molecule has 6 nitrogen and oxygen atoms in total. The molecule has 134 valence electrons. The summed E-state index contributed by atoms with van der Waals surface area (Å²) in [5, 5.41) is 12.3. The summed E-state index contributed by atoms with van der Waals surface area (Å²) in [6.45, 7) is 0. The Bertz CT molecular complexity index is 756. The predicted octanol–water partition coefficient (Wildman–Crippen LogP) is 2.65. The van der Waals surface area contributed by atoms with Crippen molar-refractivity contribution in [2.45, 2.75) is 57.1 Å². The second-order valence-electron chi connectivity index (χ2n) is 7.05. The second-order valence-corrected chi connectivity index (χ2v) is 7.90. The van der Waals surface area contributed by atoms with E-state index in [0.717, 1.165) is 36.6 Å². The van der Waals surface area contributed by atoms with Gasteiger partial charge in [-0.15, -0.1) is 0 Å². The number of halogens is 1. The third-order valence-corrected chi connectivity index (χ3v) is 5.90. The number of carbonyl (C=O) groups is 1. The van der Waals surface area contributed by atoms with Crippen molar-refractivity contribution in [2.24, 2.45) is 12.5 Å². The molecule has 3 rings (SSSR count). The van der Waals surface area contributed by atoms with E-state index in [4.69, 9.17) is 4.74 Å². The number of nitriles is 1. The van der Waals surface area contributed by atoms with Crippen LogP contribution in [0.3, 0.4) is 0 Å². The van der Waals surface area contributed by atoms with Crippen LogP contribution >= 0.6 is 15.9 Å². The van der Waals surface area contributed by atoms with Crippen LogP contribution in [0.4, 0.5) is 0 Å². The third kappa shape index (κ3) is 3.74. The fourth-order valence-electron chi connectivity index (χ4n) is 3.42. The average molecular weight is 408 g/mol. The van der Waals surface area contributed by atoms with Gasteiger partial charge in [0.1, 0.15) is 11.2 Å². The lowest BCUT2D eigenvalue weighted by Crippen LogP contribution is -2.49. The normalized spacial score (nSPS) is 24.7. The summed E-state index contributed by atoms with van der Waals surface area (Å²) in [6.07, 6.45) is 7.29. The largest absolute Gasteiger partial charge is 0.489 e. The first kappa shape index (κ1) is 18.0. The molecule has 0 aliphatic heterocycles. The first-order valence-corrected chi connectivity index (χ1v) is 9.48. The molecular weight excluding hydrogens is 386 g/mol. The second kappa shape index (κ2) is 7.20. The highest BCUT2D eigenvalue weighted by Crippen LogP contribution is 2.40. The number of ether oxygens (including phenoxy) is 1. The molecule has 0 saturated heterocycles. The van der Waals surface area contributed by atoms with Gasteiger partial charge >= 0.3 is 0 Å². The van der Waals surface area contributed by atoms with Crippen molar-refractivity contribution in [3.05, 3.63) is 27.1 Å². The van der Waals surface area contributed by atoms with Gasteiger partial charge in [-0.1, -0.05) is 0 Å². The van der Waals surface area contributed by atoms with Crippen molar-refractivity contribution >= 4 is 21.8 Å². The SMILES string of the molecule is Cn1cc(Br)c(OC2CCC(NC(=O)C3(C#N)CCC3)CC2)cc1=O. The molecule has 2 aliphatic rings. The summed E-state index contributed by atoms with van der Waals surface area (Å²) in [7, 11) is 1.70. The maximum absolute atomic E-state index is 12.3. The van der Waals surface area contributed by atoms with Gasteiger partial charge in [0.05, 0.1) is 16.6 Å². The van der Waals surface area contributed by atoms with Gasteiger partial charge in [0.15, 0.2) is 0 Å². The highest BCUT2D eigenvalue weighted by Gasteiger charge is 2.45. The summed E-state index contributed by atoms with van der Waals surface area (Å²) in [4.78, 5) is 24.1. The highest BCUT2D eigenvalue weighted by atomic mass is 79.9. The molecule has 2 fully saturated rings. The number of hydrogen-bond acceptors (Lipinski definition) is 4. The fraction of sp³-hybridized carbons (Fsp3) is 0.611. The van der Waals surface area contributed by atoms with Crippen molar-refractivity contribution < 1.29 is 9.53 Å². The number of carbonyl (C=O) groups excluding carboxylic acids is 1. The molecule has 1 N–H and O–H groups in total. The van der Waals surface area contributed by atoms with Crippen molar-refractivity contribution in [3.63, 3.8) is 0 Å². The summed E-state index contributed by atoms with van der Waals surface area (Å²) < 4.78 is 8.22. The number of rotatable bonds is 4. The molecule has 1 heterocycles. The number of hydrogen-bond donors (Lipinski definition) is 1. The fourth-order valence-corrected chi connectivity index (χ4v) is 3.93. The lowest BCUT2D eigenvalue weighted by atomic mass is 9.69. The van der Waals surface area contributed by atoms with Gasteiger partial charge in [0.2, 0.25) is 5.91 Å². The standard InChI is InChI=1S/C18H22BrN3O3/c1-22-10-14(19)15(9-16(22)23)25-13-5-3-12(4-6-13)21-17(24)18(11-20)7-2-8-18/h9-10,12-13H,2-8H2,1H3,(H,21,24). The number of nitrogens with one attached hydrogen (secondary N) is 1. The number of aryl methyl sites for hydroxylation is 1. The van der Waals surface area contributed by atoms with Gasteiger partial charge in [-0.2, -0.15) is 5.26 Å². The molecule has 1 amide bonds. The lowest BCUT2D eigenvalue weighted by molar-refractivity contribution is -0.132. The van der Waals surface area contributed by atoms with E-state index in [1.807, 2.05) is 0 Å². The van der Waals surface area contributed by atoms with Gasteiger partial charge in [-0.05, 0) is 60.9 Å². The van der Waals surface area contributed by atoms with Crippen LogP contribution in [0.1, 0.15) is 44.9 Å². The van der Waals surface area contributed by atoms with E-state index in [2.05, 4.69) is 27.3 Å². The molecule has 0 unspecified atom stereocenters. The van der Waals surface area contributed by atoms with E-state index in [9.17, 15) is 14.9 Å². The average Bonchev–Trinajstić information content (AvgIpc) is 2.54. The van der Waals surface area contributed by atoms with E-state index < -0.39 is 5.41 Å².